The first kappa shape index (κ1) is 21.8. The Morgan fingerprint density at radius 1 is 1.27 bits per heavy atom. The Morgan fingerprint density at radius 2 is 2.07 bits per heavy atom. The lowest BCUT2D eigenvalue weighted by Crippen LogP contribution is -2.14. The molecule has 0 radical (unpaired) electrons. The number of aromatic nitrogens is 2. The lowest BCUT2D eigenvalue weighted by Gasteiger charge is -2.09. The van der Waals surface area contributed by atoms with Gasteiger partial charge in [0.25, 0.3) is 5.69 Å². The number of carbonyl (C=O) groups excluding carboxylic acids is 1. The van der Waals surface area contributed by atoms with Gasteiger partial charge in [-0.3, -0.25) is 14.9 Å². The summed E-state index contributed by atoms with van der Waals surface area (Å²) >= 11 is 8.51. The van der Waals surface area contributed by atoms with Crippen molar-refractivity contribution < 1.29 is 14.5 Å². The maximum Gasteiger partial charge on any atom is 0.271 e. The van der Waals surface area contributed by atoms with Crippen LogP contribution in [0.2, 0.25) is 5.02 Å². The van der Waals surface area contributed by atoms with Crippen molar-refractivity contribution in [3.05, 3.63) is 57.6 Å². The number of nitro groups is 1. The Kier molecular flexibility index (Phi) is 7.44. The number of thioether (sulfide) groups is 1. The Balaban J connectivity index is 1.55. The third-order valence-electron chi connectivity index (χ3n) is 3.60. The number of para-hydroxylation sites is 2. The van der Waals surface area contributed by atoms with Gasteiger partial charge in [0.05, 0.1) is 33.7 Å². The summed E-state index contributed by atoms with van der Waals surface area (Å²) in [5.41, 5.74) is 0.935. The van der Waals surface area contributed by atoms with Gasteiger partial charge in [-0.2, -0.15) is 0 Å². The standard InChI is InChI=1S/C18H16ClN5O4S2/c1-2-28-15-6-4-3-5-14(15)21-17-22-23-18(30-17)29-10-16(25)20-13-8-7-11(24(26)27)9-12(13)19/h3-9H,2,10H2,1H3,(H,20,25)(H,21,22). The van der Waals surface area contributed by atoms with E-state index in [1.807, 2.05) is 31.2 Å². The highest BCUT2D eigenvalue weighted by molar-refractivity contribution is 8.01. The molecule has 0 saturated heterocycles. The summed E-state index contributed by atoms with van der Waals surface area (Å²) in [5, 5.41) is 25.3. The molecule has 1 aromatic heterocycles. The molecule has 0 aliphatic carbocycles. The van der Waals surface area contributed by atoms with E-state index in [1.165, 1.54) is 41.3 Å². The van der Waals surface area contributed by atoms with Crippen molar-refractivity contribution in [2.24, 2.45) is 0 Å². The van der Waals surface area contributed by atoms with Gasteiger partial charge < -0.3 is 15.4 Å². The summed E-state index contributed by atoms with van der Waals surface area (Å²) in [6.45, 7) is 2.45. The molecule has 9 nitrogen and oxygen atoms in total. The van der Waals surface area contributed by atoms with E-state index >= 15 is 0 Å². The zero-order valence-electron chi connectivity index (χ0n) is 15.6. The van der Waals surface area contributed by atoms with Crippen LogP contribution in [-0.4, -0.2) is 33.4 Å². The van der Waals surface area contributed by atoms with Gasteiger partial charge in [-0.25, -0.2) is 0 Å². The zero-order valence-corrected chi connectivity index (χ0v) is 18.0. The fourth-order valence-corrected chi connectivity index (χ4v) is 4.10. The highest BCUT2D eigenvalue weighted by Gasteiger charge is 2.13. The predicted octanol–water partition coefficient (Wildman–Crippen LogP) is 4.97. The number of benzene rings is 2. The van der Waals surface area contributed by atoms with Crippen molar-refractivity contribution in [2.45, 2.75) is 11.3 Å². The van der Waals surface area contributed by atoms with Crippen molar-refractivity contribution in [1.82, 2.24) is 10.2 Å². The van der Waals surface area contributed by atoms with Gasteiger partial charge in [0.2, 0.25) is 11.0 Å². The lowest BCUT2D eigenvalue weighted by molar-refractivity contribution is -0.384. The zero-order chi connectivity index (χ0) is 21.5. The minimum Gasteiger partial charge on any atom is -0.492 e. The molecule has 1 amide bonds. The number of hydrogen-bond donors (Lipinski definition) is 2. The van der Waals surface area contributed by atoms with Gasteiger partial charge in [0, 0.05) is 12.1 Å². The molecule has 156 valence electrons. The molecular weight excluding hydrogens is 450 g/mol. The summed E-state index contributed by atoms with van der Waals surface area (Å²) in [4.78, 5) is 22.4. The average molecular weight is 466 g/mol. The Morgan fingerprint density at radius 3 is 2.80 bits per heavy atom. The van der Waals surface area contributed by atoms with Crippen LogP contribution >= 0.6 is 34.7 Å². The number of ether oxygens (including phenoxy) is 1. The summed E-state index contributed by atoms with van der Waals surface area (Å²) in [6, 6.07) is 11.4. The van der Waals surface area contributed by atoms with E-state index in [2.05, 4.69) is 20.8 Å². The molecule has 0 fully saturated rings. The maximum absolute atomic E-state index is 12.2. The summed E-state index contributed by atoms with van der Waals surface area (Å²) in [5.74, 6) is 0.475. The smallest absolute Gasteiger partial charge is 0.271 e. The van der Waals surface area contributed by atoms with Gasteiger partial charge in [0.1, 0.15) is 5.75 Å². The third-order valence-corrected chi connectivity index (χ3v) is 5.88. The van der Waals surface area contributed by atoms with Crippen molar-refractivity contribution in [3.63, 3.8) is 0 Å². The number of nitrogens with zero attached hydrogens (tertiary/aromatic N) is 3. The number of hydrogen-bond acceptors (Lipinski definition) is 9. The topological polar surface area (TPSA) is 119 Å². The molecule has 12 heteroatoms. The van der Waals surface area contributed by atoms with E-state index in [4.69, 9.17) is 16.3 Å². The van der Waals surface area contributed by atoms with E-state index in [9.17, 15) is 14.9 Å². The fourth-order valence-electron chi connectivity index (χ4n) is 2.32. The molecule has 0 aliphatic heterocycles. The number of carbonyl (C=O) groups is 1. The molecule has 0 atom stereocenters. The first-order valence-corrected chi connectivity index (χ1v) is 10.8. The van der Waals surface area contributed by atoms with E-state index in [-0.39, 0.29) is 22.4 Å². The normalized spacial score (nSPS) is 10.5. The van der Waals surface area contributed by atoms with Crippen LogP contribution in [-0.2, 0) is 4.79 Å². The van der Waals surface area contributed by atoms with Gasteiger partial charge in [-0.1, -0.05) is 46.8 Å². The molecule has 3 aromatic rings. The number of anilines is 3. The molecule has 1 heterocycles. The molecule has 0 unspecified atom stereocenters. The van der Waals surface area contributed by atoms with Gasteiger partial charge in [0.15, 0.2) is 4.34 Å². The van der Waals surface area contributed by atoms with Crippen LogP contribution in [0, 0.1) is 10.1 Å². The Labute approximate surface area is 185 Å². The quantitative estimate of drug-likeness (QED) is 0.258. The van der Waals surface area contributed by atoms with Crippen LogP contribution in [0.5, 0.6) is 5.75 Å². The number of nitrogens with one attached hydrogen (secondary N) is 2. The molecule has 0 aliphatic rings. The summed E-state index contributed by atoms with van der Waals surface area (Å²) in [7, 11) is 0. The highest BCUT2D eigenvalue weighted by atomic mass is 35.5. The van der Waals surface area contributed by atoms with E-state index in [0.29, 0.717) is 27.5 Å². The van der Waals surface area contributed by atoms with Crippen molar-refractivity contribution >= 4 is 62.8 Å². The molecule has 2 N–H and O–H groups in total. The predicted molar refractivity (Wildman–Crippen MR) is 118 cm³/mol. The van der Waals surface area contributed by atoms with E-state index < -0.39 is 4.92 Å². The van der Waals surface area contributed by atoms with Crippen LogP contribution < -0.4 is 15.4 Å². The Hall–Kier alpha value is -2.89. The lowest BCUT2D eigenvalue weighted by atomic mass is 10.3. The molecule has 2 aromatic carbocycles. The van der Waals surface area contributed by atoms with Crippen LogP contribution in [0.15, 0.2) is 46.8 Å². The van der Waals surface area contributed by atoms with E-state index in [1.54, 1.807) is 0 Å². The van der Waals surface area contributed by atoms with Crippen LogP contribution in [0.4, 0.5) is 22.2 Å². The monoisotopic (exact) mass is 465 g/mol. The minimum atomic E-state index is -0.554. The maximum atomic E-state index is 12.2. The van der Waals surface area contributed by atoms with Crippen LogP contribution in [0.25, 0.3) is 0 Å². The number of nitro benzene ring substituents is 1. The van der Waals surface area contributed by atoms with Crippen LogP contribution in [0.3, 0.4) is 0 Å². The number of non-ortho nitro benzene ring substituents is 1. The third kappa shape index (κ3) is 5.81. The van der Waals surface area contributed by atoms with Crippen molar-refractivity contribution in [1.29, 1.82) is 0 Å². The minimum absolute atomic E-state index is 0.0808. The second-order valence-electron chi connectivity index (χ2n) is 5.69. The average Bonchev–Trinajstić information content (AvgIpc) is 3.17. The fraction of sp³-hybridized carbons (Fsp3) is 0.167. The summed E-state index contributed by atoms with van der Waals surface area (Å²) in [6.07, 6.45) is 0. The summed E-state index contributed by atoms with van der Waals surface area (Å²) < 4.78 is 6.18. The Bertz CT molecular complexity index is 1060. The number of rotatable bonds is 9. The molecule has 0 bridgehead atoms. The van der Waals surface area contributed by atoms with Crippen molar-refractivity contribution in [3.8, 4) is 5.75 Å². The highest BCUT2D eigenvalue weighted by Crippen LogP contribution is 2.32. The second kappa shape index (κ2) is 10.2. The first-order valence-electron chi connectivity index (χ1n) is 8.65. The first-order chi connectivity index (χ1) is 14.5. The molecule has 30 heavy (non-hydrogen) atoms. The molecule has 0 spiro atoms. The van der Waals surface area contributed by atoms with Crippen LogP contribution in [0.1, 0.15) is 6.92 Å². The number of halogens is 1. The number of amides is 1. The molecule has 3 rings (SSSR count). The molecular formula is C18H16ClN5O4S2. The van der Waals surface area contributed by atoms with Gasteiger partial charge >= 0.3 is 0 Å². The van der Waals surface area contributed by atoms with Gasteiger partial charge in [-0.05, 0) is 25.1 Å². The SMILES string of the molecule is CCOc1ccccc1Nc1nnc(SCC(=O)Nc2ccc([N+](=O)[O-])cc2Cl)s1. The molecule has 0 saturated carbocycles. The van der Waals surface area contributed by atoms with Crippen molar-refractivity contribution in [2.75, 3.05) is 23.0 Å². The largest absolute Gasteiger partial charge is 0.492 e. The van der Waals surface area contributed by atoms with E-state index in [0.717, 1.165) is 5.69 Å². The second-order valence-corrected chi connectivity index (χ2v) is 8.29. The van der Waals surface area contributed by atoms with Gasteiger partial charge in [-0.15, -0.1) is 10.2 Å².